The Morgan fingerprint density at radius 2 is 2.23 bits per heavy atom. The number of hydrogen-bond acceptors (Lipinski definition) is 3. The second-order valence-corrected chi connectivity index (χ2v) is 6.88. The fourth-order valence-electron chi connectivity index (χ4n) is 2.36. The van der Waals surface area contributed by atoms with E-state index >= 15 is 0 Å². The summed E-state index contributed by atoms with van der Waals surface area (Å²) in [4.78, 5) is 13.7. The minimum absolute atomic E-state index is 0.150. The molecule has 4 nitrogen and oxygen atoms in total. The maximum absolute atomic E-state index is 13.4. The van der Waals surface area contributed by atoms with Crippen molar-refractivity contribution >= 4 is 17.7 Å². The highest BCUT2D eigenvalue weighted by atomic mass is 35.5. The molecule has 0 aromatic heterocycles. The van der Waals surface area contributed by atoms with Crippen LogP contribution in [-0.4, -0.2) is 35.7 Å². The Balaban J connectivity index is 1.84. The molecule has 1 aliphatic rings. The predicted octanol–water partition coefficient (Wildman–Crippen LogP) is 3.58. The van der Waals surface area contributed by atoms with Gasteiger partial charge in [0.05, 0.1) is 5.02 Å². The lowest BCUT2D eigenvalue weighted by atomic mass is 10.2. The van der Waals surface area contributed by atoms with Crippen LogP contribution < -0.4 is 5.32 Å². The molecule has 0 aliphatic carbocycles. The Morgan fingerprint density at radius 1 is 1.50 bits per heavy atom. The van der Waals surface area contributed by atoms with Crippen molar-refractivity contribution in [1.82, 2.24) is 10.2 Å². The van der Waals surface area contributed by atoms with Gasteiger partial charge in [-0.2, -0.15) is 0 Å². The summed E-state index contributed by atoms with van der Waals surface area (Å²) in [5.74, 6) is -0.414. The fourth-order valence-corrected chi connectivity index (χ4v) is 2.55. The second-order valence-electron chi connectivity index (χ2n) is 6.51. The molecular weight excluding hydrogens is 307 g/mol. The van der Waals surface area contributed by atoms with Gasteiger partial charge in [-0.05, 0) is 38.8 Å². The van der Waals surface area contributed by atoms with E-state index in [1.807, 2.05) is 20.8 Å². The maximum atomic E-state index is 13.4. The Hall–Kier alpha value is -1.33. The number of likely N-dealkylation sites (tertiary alicyclic amines) is 1. The number of halogens is 2. The van der Waals surface area contributed by atoms with E-state index in [-0.39, 0.29) is 17.2 Å². The first-order chi connectivity index (χ1) is 10.3. The molecule has 1 heterocycles. The lowest BCUT2D eigenvalue weighted by Crippen LogP contribution is -2.38. The van der Waals surface area contributed by atoms with E-state index in [0.29, 0.717) is 19.6 Å². The Morgan fingerprint density at radius 3 is 2.91 bits per heavy atom. The van der Waals surface area contributed by atoms with Crippen LogP contribution >= 0.6 is 11.6 Å². The van der Waals surface area contributed by atoms with Crippen LogP contribution in [0.4, 0.5) is 9.18 Å². The van der Waals surface area contributed by atoms with Crippen molar-refractivity contribution in [1.29, 1.82) is 0 Å². The molecule has 1 aromatic carbocycles. The molecule has 22 heavy (non-hydrogen) atoms. The standard InChI is InChI=1S/C16H22ClFN2O2/c1-16(2,3)22-15(21)20-8-7-12(10-20)19-9-11-5-4-6-13(18)14(11)17/h4-6,12,19H,7-10H2,1-3H3/t12-/m0/s1. The number of carbonyl (C=O) groups excluding carboxylic acids is 1. The highest BCUT2D eigenvalue weighted by Crippen LogP contribution is 2.20. The predicted molar refractivity (Wildman–Crippen MR) is 84.5 cm³/mol. The quantitative estimate of drug-likeness (QED) is 0.922. The zero-order valence-corrected chi connectivity index (χ0v) is 13.9. The molecule has 1 saturated heterocycles. The van der Waals surface area contributed by atoms with E-state index in [0.717, 1.165) is 12.0 Å². The van der Waals surface area contributed by atoms with Crippen molar-refractivity contribution in [2.45, 2.75) is 45.4 Å². The van der Waals surface area contributed by atoms with Gasteiger partial charge in [0.1, 0.15) is 11.4 Å². The first-order valence-electron chi connectivity index (χ1n) is 7.40. The van der Waals surface area contributed by atoms with Gasteiger partial charge in [0.15, 0.2) is 0 Å². The van der Waals surface area contributed by atoms with Crippen LogP contribution in [0.1, 0.15) is 32.8 Å². The Kier molecular flexibility index (Phi) is 5.29. The van der Waals surface area contributed by atoms with Crippen molar-refractivity contribution in [2.24, 2.45) is 0 Å². The zero-order chi connectivity index (χ0) is 16.3. The lowest BCUT2D eigenvalue weighted by Gasteiger charge is -2.24. The van der Waals surface area contributed by atoms with Crippen LogP contribution in [0.5, 0.6) is 0 Å². The summed E-state index contributed by atoms with van der Waals surface area (Å²) in [6.45, 7) is 7.27. The average molecular weight is 329 g/mol. The van der Waals surface area contributed by atoms with Crippen LogP contribution in [0.25, 0.3) is 0 Å². The minimum Gasteiger partial charge on any atom is -0.444 e. The SMILES string of the molecule is CC(C)(C)OC(=O)N1CC[C@H](NCc2cccc(F)c2Cl)C1. The monoisotopic (exact) mass is 328 g/mol. The summed E-state index contributed by atoms with van der Waals surface area (Å²) in [7, 11) is 0. The van der Waals surface area contributed by atoms with Crippen molar-refractivity contribution < 1.29 is 13.9 Å². The molecule has 1 fully saturated rings. The minimum atomic E-state index is -0.488. The van der Waals surface area contributed by atoms with E-state index in [1.54, 1.807) is 17.0 Å². The highest BCUT2D eigenvalue weighted by molar-refractivity contribution is 6.31. The molecule has 0 radical (unpaired) electrons. The smallest absolute Gasteiger partial charge is 0.410 e. The maximum Gasteiger partial charge on any atom is 0.410 e. The van der Waals surface area contributed by atoms with Gasteiger partial charge in [0, 0.05) is 25.7 Å². The number of nitrogens with zero attached hydrogens (tertiary/aromatic N) is 1. The summed E-state index contributed by atoms with van der Waals surface area (Å²) in [5.41, 5.74) is 0.231. The molecule has 1 atom stereocenters. The molecule has 1 aliphatic heterocycles. The van der Waals surface area contributed by atoms with E-state index in [9.17, 15) is 9.18 Å². The highest BCUT2D eigenvalue weighted by Gasteiger charge is 2.29. The number of carbonyl (C=O) groups is 1. The summed E-state index contributed by atoms with van der Waals surface area (Å²) < 4.78 is 18.7. The topological polar surface area (TPSA) is 41.6 Å². The van der Waals surface area contributed by atoms with Crippen LogP contribution in [0.2, 0.25) is 5.02 Å². The zero-order valence-electron chi connectivity index (χ0n) is 13.2. The molecule has 0 spiro atoms. The Labute approximate surface area is 135 Å². The van der Waals surface area contributed by atoms with Gasteiger partial charge < -0.3 is 15.0 Å². The average Bonchev–Trinajstić information content (AvgIpc) is 2.87. The molecule has 6 heteroatoms. The number of rotatable bonds is 3. The van der Waals surface area contributed by atoms with Gasteiger partial charge in [-0.1, -0.05) is 23.7 Å². The van der Waals surface area contributed by atoms with Gasteiger partial charge >= 0.3 is 6.09 Å². The van der Waals surface area contributed by atoms with E-state index in [2.05, 4.69) is 5.32 Å². The third kappa shape index (κ3) is 4.58. The summed E-state index contributed by atoms with van der Waals surface area (Å²) in [6, 6.07) is 4.93. The molecule has 0 unspecified atom stereocenters. The largest absolute Gasteiger partial charge is 0.444 e. The number of ether oxygens (including phenoxy) is 1. The van der Waals surface area contributed by atoms with Gasteiger partial charge in [-0.3, -0.25) is 0 Å². The van der Waals surface area contributed by atoms with Crippen molar-refractivity contribution in [3.8, 4) is 0 Å². The van der Waals surface area contributed by atoms with E-state index < -0.39 is 11.4 Å². The normalized spacial score (nSPS) is 18.6. The van der Waals surface area contributed by atoms with Crippen LogP contribution in [-0.2, 0) is 11.3 Å². The van der Waals surface area contributed by atoms with Crippen molar-refractivity contribution in [2.75, 3.05) is 13.1 Å². The van der Waals surface area contributed by atoms with Crippen LogP contribution in [0.3, 0.4) is 0 Å². The van der Waals surface area contributed by atoms with Crippen molar-refractivity contribution in [3.05, 3.63) is 34.6 Å². The van der Waals surface area contributed by atoms with E-state index in [1.165, 1.54) is 6.07 Å². The molecule has 122 valence electrons. The van der Waals surface area contributed by atoms with Crippen molar-refractivity contribution in [3.63, 3.8) is 0 Å². The van der Waals surface area contributed by atoms with E-state index in [4.69, 9.17) is 16.3 Å². The first kappa shape index (κ1) is 17.0. The van der Waals surface area contributed by atoms with Gasteiger partial charge in [0.25, 0.3) is 0 Å². The van der Waals surface area contributed by atoms with Gasteiger partial charge in [-0.15, -0.1) is 0 Å². The molecule has 0 saturated carbocycles. The molecule has 1 amide bonds. The molecule has 2 rings (SSSR count). The number of amides is 1. The molecular formula is C16H22ClFN2O2. The Bertz CT molecular complexity index is 545. The van der Waals surface area contributed by atoms with Crippen LogP contribution in [0.15, 0.2) is 18.2 Å². The third-order valence-electron chi connectivity index (χ3n) is 3.45. The molecule has 1 N–H and O–H groups in total. The number of nitrogens with one attached hydrogen (secondary N) is 1. The summed E-state index contributed by atoms with van der Waals surface area (Å²) in [6.07, 6.45) is 0.548. The molecule has 1 aromatic rings. The van der Waals surface area contributed by atoms with Crippen LogP contribution in [0, 0.1) is 5.82 Å². The fraction of sp³-hybridized carbons (Fsp3) is 0.562. The summed E-state index contributed by atoms with van der Waals surface area (Å²) in [5, 5.41) is 3.46. The number of benzene rings is 1. The second kappa shape index (κ2) is 6.84. The molecule has 0 bridgehead atoms. The van der Waals surface area contributed by atoms with Gasteiger partial charge in [-0.25, -0.2) is 9.18 Å². The summed E-state index contributed by atoms with van der Waals surface area (Å²) >= 11 is 5.93. The lowest BCUT2D eigenvalue weighted by molar-refractivity contribution is 0.0291. The first-order valence-corrected chi connectivity index (χ1v) is 7.78. The van der Waals surface area contributed by atoms with Gasteiger partial charge in [0.2, 0.25) is 0 Å². The third-order valence-corrected chi connectivity index (χ3v) is 3.88. The number of hydrogen-bond donors (Lipinski definition) is 1.